The van der Waals surface area contributed by atoms with Crippen LogP contribution in [0.4, 0.5) is 21.2 Å². The molecule has 0 radical (unpaired) electrons. The van der Waals surface area contributed by atoms with Gasteiger partial charge in [-0.15, -0.1) is 3.89 Å². The van der Waals surface area contributed by atoms with E-state index in [-0.39, 0.29) is 10.3 Å². The molecule has 11 heteroatoms. The minimum Gasteiger partial charge on any atom is -0.355 e. The van der Waals surface area contributed by atoms with Gasteiger partial charge < -0.3 is 15.5 Å². The van der Waals surface area contributed by atoms with Gasteiger partial charge in [0.2, 0.25) is 0 Å². The Bertz CT molecular complexity index is 1270. The van der Waals surface area contributed by atoms with Crippen molar-refractivity contribution < 1.29 is 12.3 Å². The molecule has 170 valence electrons. The topological polar surface area (TPSA) is 121 Å². The van der Waals surface area contributed by atoms with E-state index in [9.17, 15) is 12.3 Å². The van der Waals surface area contributed by atoms with Gasteiger partial charge >= 0.3 is 10.2 Å². The normalized spacial score (nSPS) is 18.7. The van der Waals surface area contributed by atoms with Crippen LogP contribution >= 0.6 is 0 Å². The Morgan fingerprint density at radius 3 is 2.75 bits per heavy atom. The summed E-state index contributed by atoms with van der Waals surface area (Å²) in [5.74, 6) is 1.35. The van der Waals surface area contributed by atoms with Crippen molar-refractivity contribution in [3.63, 3.8) is 0 Å². The number of rotatable bonds is 4. The van der Waals surface area contributed by atoms with E-state index in [1.54, 1.807) is 18.3 Å². The molecule has 0 spiro atoms. The highest BCUT2D eigenvalue weighted by molar-refractivity contribution is 7.86. The summed E-state index contributed by atoms with van der Waals surface area (Å²) in [6.45, 7) is 5.26. The second-order valence-electron chi connectivity index (χ2n) is 8.92. The molecule has 1 fully saturated rings. The zero-order chi connectivity index (χ0) is 22.5. The lowest BCUT2D eigenvalue weighted by Gasteiger charge is -2.39. The van der Waals surface area contributed by atoms with E-state index in [4.69, 9.17) is 10.7 Å². The third-order valence-electron chi connectivity index (χ3n) is 6.75. The summed E-state index contributed by atoms with van der Waals surface area (Å²) in [4.78, 5) is 13.2. The van der Waals surface area contributed by atoms with Crippen LogP contribution in [0.3, 0.4) is 0 Å². The quantitative estimate of drug-likeness (QED) is 0.571. The average Bonchev–Trinajstić information content (AvgIpc) is 3.21. The van der Waals surface area contributed by atoms with Crippen LogP contribution in [-0.4, -0.2) is 54.8 Å². The van der Waals surface area contributed by atoms with Gasteiger partial charge in [-0.1, -0.05) is 13.0 Å². The third kappa shape index (κ3) is 3.58. The van der Waals surface area contributed by atoms with Crippen molar-refractivity contribution >= 4 is 38.7 Å². The Morgan fingerprint density at radius 2 is 2.03 bits per heavy atom. The molecule has 0 aliphatic carbocycles. The van der Waals surface area contributed by atoms with E-state index >= 15 is 0 Å². The maximum absolute atomic E-state index is 13.8. The zero-order valence-corrected chi connectivity index (χ0v) is 18.7. The minimum absolute atomic E-state index is 0.169. The maximum atomic E-state index is 13.8. The van der Waals surface area contributed by atoms with Crippen LogP contribution in [-0.2, 0) is 16.6 Å². The minimum atomic E-state index is -4.80. The molecule has 0 saturated carbocycles. The number of halogens is 1. The van der Waals surface area contributed by atoms with Gasteiger partial charge in [-0.3, -0.25) is 5.10 Å². The summed E-state index contributed by atoms with van der Waals surface area (Å²) in [6, 6.07) is 4.64. The first-order valence-corrected chi connectivity index (χ1v) is 12.2. The summed E-state index contributed by atoms with van der Waals surface area (Å²) in [7, 11) is -4.80. The Labute approximate surface area is 186 Å². The van der Waals surface area contributed by atoms with Gasteiger partial charge in [0.15, 0.2) is 17.0 Å². The molecule has 0 bridgehead atoms. The van der Waals surface area contributed by atoms with Gasteiger partial charge in [0.25, 0.3) is 0 Å². The predicted molar refractivity (Wildman–Crippen MR) is 120 cm³/mol. The van der Waals surface area contributed by atoms with Gasteiger partial charge in [0.05, 0.1) is 6.20 Å². The molecule has 0 unspecified atom stereocenters. The molecule has 0 amide bonds. The van der Waals surface area contributed by atoms with Crippen LogP contribution < -0.4 is 15.5 Å². The van der Waals surface area contributed by atoms with Crippen LogP contribution in [0.1, 0.15) is 31.7 Å². The number of H-pyrrole nitrogens is 1. The van der Waals surface area contributed by atoms with Gasteiger partial charge in [-0.05, 0) is 55.3 Å². The number of nitrogens with one attached hydrogen (secondary N) is 1. The fourth-order valence-corrected chi connectivity index (χ4v) is 5.38. The Kier molecular flexibility index (Phi) is 5.05. The van der Waals surface area contributed by atoms with E-state index in [0.717, 1.165) is 31.7 Å². The number of aromatic amines is 1. The molecule has 3 aromatic rings. The molecule has 1 aromatic carbocycles. The van der Waals surface area contributed by atoms with E-state index < -0.39 is 10.2 Å². The molecule has 0 atom stereocenters. The van der Waals surface area contributed by atoms with Gasteiger partial charge in [0, 0.05) is 25.3 Å². The summed E-state index contributed by atoms with van der Waals surface area (Å²) >= 11 is 0. The number of hydrogen-bond donors (Lipinski definition) is 2. The molecule has 2 aliphatic heterocycles. The lowest BCUT2D eigenvalue weighted by Crippen LogP contribution is -2.42. The number of anilines is 3. The largest absolute Gasteiger partial charge is 0.355 e. The van der Waals surface area contributed by atoms with Crippen molar-refractivity contribution in [1.82, 2.24) is 20.2 Å². The number of aromatic nitrogens is 4. The molecular formula is C21H26FN7O2S. The highest BCUT2D eigenvalue weighted by Crippen LogP contribution is 2.39. The molecule has 2 aromatic heterocycles. The summed E-state index contributed by atoms with van der Waals surface area (Å²) in [6.07, 6.45) is 4.91. The summed E-state index contributed by atoms with van der Waals surface area (Å²) in [5.41, 5.74) is 8.35. The van der Waals surface area contributed by atoms with Gasteiger partial charge in [0.1, 0.15) is 10.7 Å². The smallest absolute Gasteiger partial charge is 0.332 e. The van der Waals surface area contributed by atoms with E-state index in [2.05, 4.69) is 27.0 Å². The SMILES string of the molecule is CC1(CN)CCN(c2cnc3c(N4CCCc5c4cccc5S(=O)(=O)F)n[nH]c3n2)CC1. The lowest BCUT2D eigenvalue weighted by molar-refractivity contribution is 0.258. The van der Waals surface area contributed by atoms with Gasteiger partial charge in [-0.25, -0.2) is 9.97 Å². The number of fused-ring (bicyclic) bond motifs is 2. The first kappa shape index (κ1) is 21.1. The monoisotopic (exact) mass is 459 g/mol. The van der Waals surface area contributed by atoms with Crippen LogP contribution in [0.25, 0.3) is 11.2 Å². The first-order chi connectivity index (χ1) is 15.3. The van der Waals surface area contributed by atoms with Crippen molar-refractivity contribution in [2.24, 2.45) is 11.1 Å². The highest BCUT2D eigenvalue weighted by Gasteiger charge is 2.31. The Hall–Kier alpha value is -2.79. The van der Waals surface area contributed by atoms with Crippen molar-refractivity contribution in [2.45, 2.75) is 37.5 Å². The number of nitrogens with zero attached hydrogens (tertiary/aromatic N) is 5. The second-order valence-corrected chi connectivity index (χ2v) is 10.2. The standard InChI is InChI=1S/C21H26FN7O2S/c1-21(13-23)7-10-28(11-8-21)17-12-24-18-19(25-17)26-27-20(18)29-9-3-4-14-15(29)5-2-6-16(14)32(22,30)31/h2,5-6,12H,3-4,7-11,13,23H2,1H3,(H,25,26,27). The molecule has 4 heterocycles. The number of benzene rings is 1. The molecule has 3 N–H and O–H groups in total. The van der Waals surface area contributed by atoms with E-state index in [0.29, 0.717) is 54.2 Å². The predicted octanol–water partition coefficient (Wildman–Crippen LogP) is 2.66. The number of hydrogen-bond acceptors (Lipinski definition) is 8. The molecule has 32 heavy (non-hydrogen) atoms. The van der Waals surface area contributed by atoms with E-state index in [1.165, 1.54) is 6.07 Å². The highest BCUT2D eigenvalue weighted by atomic mass is 32.3. The van der Waals surface area contributed by atoms with Crippen LogP contribution in [0, 0.1) is 5.41 Å². The summed E-state index contributed by atoms with van der Waals surface area (Å²) in [5, 5.41) is 7.39. The fraction of sp³-hybridized carbons (Fsp3) is 0.476. The van der Waals surface area contributed by atoms with Crippen molar-refractivity contribution in [1.29, 1.82) is 0 Å². The second kappa shape index (κ2) is 7.66. The van der Waals surface area contributed by atoms with Crippen LogP contribution in [0.2, 0.25) is 0 Å². The van der Waals surface area contributed by atoms with E-state index in [1.807, 2.05) is 4.90 Å². The number of nitrogens with two attached hydrogens (primary N) is 1. The molecular weight excluding hydrogens is 433 g/mol. The Morgan fingerprint density at radius 1 is 1.25 bits per heavy atom. The first-order valence-electron chi connectivity index (χ1n) is 10.8. The lowest BCUT2D eigenvalue weighted by atomic mass is 9.80. The summed E-state index contributed by atoms with van der Waals surface area (Å²) < 4.78 is 37.1. The van der Waals surface area contributed by atoms with Crippen LogP contribution in [0.15, 0.2) is 29.3 Å². The molecule has 1 saturated heterocycles. The molecule has 5 rings (SSSR count). The molecule has 2 aliphatic rings. The zero-order valence-electron chi connectivity index (χ0n) is 17.9. The Balaban J connectivity index is 1.48. The van der Waals surface area contributed by atoms with Crippen LogP contribution in [0.5, 0.6) is 0 Å². The van der Waals surface area contributed by atoms with Gasteiger partial charge in [-0.2, -0.15) is 13.5 Å². The number of piperidine rings is 1. The molecule has 9 nitrogen and oxygen atoms in total. The average molecular weight is 460 g/mol. The maximum Gasteiger partial charge on any atom is 0.332 e. The third-order valence-corrected chi connectivity index (χ3v) is 7.66. The fourth-order valence-electron chi connectivity index (χ4n) is 4.64. The van der Waals surface area contributed by atoms with Crippen molar-refractivity contribution in [2.75, 3.05) is 36.0 Å². The van der Waals surface area contributed by atoms with Crippen molar-refractivity contribution in [3.8, 4) is 0 Å². The van der Waals surface area contributed by atoms with Crippen molar-refractivity contribution in [3.05, 3.63) is 30.0 Å².